The topological polar surface area (TPSA) is 21.3 Å². The highest BCUT2D eigenvalue weighted by Crippen LogP contribution is 2.24. The number of nitrogens with one attached hydrogen (secondary N) is 1. The summed E-state index contributed by atoms with van der Waals surface area (Å²) in [5.74, 6) is 0.531. The largest absolute Gasteiger partial charge is 0.381 e. The van der Waals surface area contributed by atoms with Crippen molar-refractivity contribution >= 4 is 11.6 Å². The molecule has 2 nitrogen and oxygen atoms in total. The van der Waals surface area contributed by atoms with Crippen molar-refractivity contribution in [2.24, 2.45) is 5.92 Å². The van der Waals surface area contributed by atoms with Crippen molar-refractivity contribution in [2.75, 3.05) is 19.8 Å². The third kappa shape index (κ3) is 3.44. The highest BCUT2D eigenvalue weighted by Gasteiger charge is 2.25. The number of rotatable bonds is 4. The van der Waals surface area contributed by atoms with Gasteiger partial charge in [0.15, 0.2) is 0 Å². The van der Waals surface area contributed by atoms with Crippen LogP contribution in [0.4, 0.5) is 0 Å². The van der Waals surface area contributed by atoms with E-state index >= 15 is 0 Å². The van der Waals surface area contributed by atoms with Crippen LogP contribution in [0.1, 0.15) is 18.9 Å². The Labute approximate surface area is 108 Å². The first-order valence-corrected chi connectivity index (χ1v) is 6.73. The van der Waals surface area contributed by atoms with Crippen LogP contribution < -0.4 is 5.32 Å². The molecular weight excluding hydrogens is 234 g/mol. The number of hydrogen-bond donors (Lipinski definition) is 1. The minimum absolute atomic E-state index is 0.531. The molecule has 1 aromatic carbocycles. The van der Waals surface area contributed by atoms with Crippen molar-refractivity contribution in [3.63, 3.8) is 0 Å². The summed E-state index contributed by atoms with van der Waals surface area (Å²) in [5.41, 5.74) is 1.23. The summed E-state index contributed by atoms with van der Waals surface area (Å²) in [5, 5.41) is 4.42. The molecule has 2 rings (SSSR count). The van der Waals surface area contributed by atoms with Crippen molar-refractivity contribution in [2.45, 2.75) is 25.8 Å². The molecule has 0 bridgehead atoms. The van der Waals surface area contributed by atoms with Gasteiger partial charge in [0.25, 0.3) is 0 Å². The molecule has 94 valence electrons. The van der Waals surface area contributed by atoms with Crippen molar-refractivity contribution in [1.29, 1.82) is 0 Å². The zero-order valence-electron chi connectivity index (χ0n) is 10.3. The molecule has 1 fully saturated rings. The van der Waals surface area contributed by atoms with Crippen LogP contribution in [0.5, 0.6) is 0 Å². The van der Waals surface area contributed by atoms with Gasteiger partial charge in [-0.25, -0.2) is 0 Å². The lowest BCUT2D eigenvalue weighted by molar-refractivity contribution is 0.0327. The zero-order valence-corrected chi connectivity index (χ0v) is 11.0. The standard InChI is InChI=1S/C14H20ClNO/c1-2-16-14-7-8-17-10-12(14)9-11-5-3-4-6-13(11)15/h3-6,12,14,16H,2,7-10H2,1H3/t12-,14+/m1/s1. The predicted molar refractivity (Wildman–Crippen MR) is 71.5 cm³/mol. The van der Waals surface area contributed by atoms with E-state index in [0.29, 0.717) is 12.0 Å². The fourth-order valence-corrected chi connectivity index (χ4v) is 2.69. The van der Waals surface area contributed by atoms with Crippen LogP contribution in [0.2, 0.25) is 5.02 Å². The zero-order chi connectivity index (χ0) is 12.1. The molecule has 1 N–H and O–H groups in total. The fourth-order valence-electron chi connectivity index (χ4n) is 2.48. The normalized spacial score (nSPS) is 24.8. The van der Waals surface area contributed by atoms with Gasteiger partial charge in [0, 0.05) is 23.6 Å². The maximum atomic E-state index is 6.21. The first kappa shape index (κ1) is 12.9. The molecule has 3 heteroatoms. The second kappa shape index (κ2) is 6.39. The summed E-state index contributed by atoms with van der Waals surface area (Å²) in [4.78, 5) is 0. The molecular formula is C14H20ClNO. The van der Waals surface area contributed by atoms with Crippen molar-refractivity contribution in [3.05, 3.63) is 34.9 Å². The van der Waals surface area contributed by atoms with Crippen LogP contribution in [0.25, 0.3) is 0 Å². The number of halogens is 1. The monoisotopic (exact) mass is 253 g/mol. The molecule has 1 saturated heterocycles. The Hall–Kier alpha value is -0.570. The maximum Gasteiger partial charge on any atom is 0.0512 e. The summed E-state index contributed by atoms with van der Waals surface area (Å²) >= 11 is 6.21. The Bertz CT molecular complexity index is 354. The van der Waals surface area contributed by atoms with Gasteiger partial charge in [0.1, 0.15) is 0 Å². The van der Waals surface area contributed by atoms with Crippen LogP contribution in [0.15, 0.2) is 24.3 Å². The second-order valence-corrected chi connectivity index (χ2v) is 4.99. The van der Waals surface area contributed by atoms with E-state index in [1.54, 1.807) is 0 Å². The number of ether oxygens (including phenoxy) is 1. The van der Waals surface area contributed by atoms with Gasteiger partial charge in [-0.2, -0.15) is 0 Å². The molecule has 0 aliphatic carbocycles. The van der Waals surface area contributed by atoms with Gasteiger partial charge in [-0.05, 0) is 31.0 Å². The van der Waals surface area contributed by atoms with Crippen LogP contribution in [-0.4, -0.2) is 25.8 Å². The molecule has 0 aromatic heterocycles. The average molecular weight is 254 g/mol. The predicted octanol–water partition coefficient (Wildman–Crippen LogP) is 2.90. The number of benzene rings is 1. The van der Waals surface area contributed by atoms with E-state index < -0.39 is 0 Å². The quantitative estimate of drug-likeness (QED) is 0.891. The molecule has 1 heterocycles. The third-order valence-corrected chi connectivity index (χ3v) is 3.75. The Kier molecular flexibility index (Phi) is 4.84. The SMILES string of the molecule is CCN[C@H]1CCOC[C@H]1Cc1ccccc1Cl. The third-order valence-electron chi connectivity index (χ3n) is 3.38. The van der Waals surface area contributed by atoms with Gasteiger partial charge < -0.3 is 10.1 Å². The molecule has 1 aromatic rings. The highest BCUT2D eigenvalue weighted by atomic mass is 35.5. The summed E-state index contributed by atoms with van der Waals surface area (Å²) < 4.78 is 5.59. The minimum atomic E-state index is 0.531. The van der Waals surface area contributed by atoms with Crippen LogP contribution in [0, 0.1) is 5.92 Å². The first-order valence-electron chi connectivity index (χ1n) is 6.35. The van der Waals surface area contributed by atoms with E-state index in [-0.39, 0.29) is 0 Å². The molecule has 2 atom stereocenters. The highest BCUT2D eigenvalue weighted by molar-refractivity contribution is 6.31. The molecule has 17 heavy (non-hydrogen) atoms. The van der Waals surface area contributed by atoms with Crippen LogP contribution in [0.3, 0.4) is 0 Å². The summed E-state index contributed by atoms with van der Waals surface area (Å²) in [6.07, 6.45) is 2.10. The van der Waals surface area contributed by atoms with Crippen molar-refractivity contribution < 1.29 is 4.74 Å². The van der Waals surface area contributed by atoms with Crippen LogP contribution >= 0.6 is 11.6 Å². The van der Waals surface area contributed by atoms with Crippen molar-refractivity contribution in [3.8, 4) is 0 Å². The number of hydrogen-bond acceptors (Lipinski definition) is 2. The molecule has 0 unspecified atom stereocenters. The van der Waals surface area contributed by atoms with Gasteiger partial charge >= 0.3 is 0 Å². The first-order chi connectivity index (χ1) is 8.31. The lowest BCUT2D eigenvalue weighted by atomic mass is 9.89. The lowest BCUT2D eigenvalue weighted by Gasteiger charge is -2.32. The smallest absolute Gasteiger partial charge is 0.0512 e. The van der Waals surface area contributed by atoms with Gasteiger partial charge in [0.2, 0.25) is 0 Å². The Balaban J connectivity index is 2.03. The van der Waals surface area contributed by atoms with Crippen molar-refractivity contribution in [1.82, 2.24) is 5.32 Å². The molecule has 1 aliphatic heterocycles. The molecule has 0 spiro atoms. The van der Waals surface area contributed by atoms with E-state index in [1.807, 2.05) is 18.2 Å². The summed E-state index contributed by atoms with van der Waals surface area (Å²) in [6, 6.07) is 8.66. The fraction of sp³-hybridized carbons (Fsp3) is 0.571. The molecule has 0 amide bonds. The van der Waals surface area contributed by atoms with Gasteiger partial charge in [0.05, 0.1) is 6.61 Å². The summed E-state index contributed by atoms with van der Waals surface area (Å²) in [7, 11) is 0. The second-order valence-electron chi connectivity index (χ2n) is 4.58. The lowest BCUT2D eigenvalue weighted by Crippen LogP contribution is -2.43. The van der Waals surface area contributed by atoms with Gasteiger partial charge in [-0.1, -0.05) is 36.7 Å². The molecule has 1 aliphatic rings. The molecule has 0 saturated carbocycles. The average Bonchev–Trinajstić information content (AvgIpc) is 2.35. The summed E-state index contributed by atoms with van der Waals surface area (Å²) in [6.45, 7) is 4.88. The van der Waals surface area contributed by atoms with E-state index in [4.69, 9.17) is 16.3 Å². The Morgan fingerprint density at radius 1 is 1.41 bits per heavy atom. The Morgan fingerprint density at radius 3 is 3.00 bits per heavy atom. The van der Waals surface area contributed by atoms with E-state index in [0.717, 1.165) is 37.6 Å². The van der Waals surface area contributed by atoms with Gasteiger partial charge in [-0.3, -0.25) is 0 Å². The van der Waals surface area contributed by atoms with E-state index in [2.05, 4.69) is 18.3 Å². The van der Waals surface area contributed by atoms with Crippen LogP contribution in [-0.2, 0) is 11.2 Å². The Morgan fingerprint density at radius 2 is 2.24 bits per heavy atom. The van der Waals surface area contributed by atoms with E-state index in [1.165, 1.54) is 5.56 Å². The van der Waals surface area contributed by atoms with Gasteiger partial charge in [-0.15, -0.1) is 0 Å². The minimum Gasteiger partial charge on any atom is -0.381 e. The maximum absolute atomic E-state index is 6.21. The van der Waals surface area contributed by atoms with E-state index in [9.17, 15) is 0 Å². The molecule has 0 radical (unpaired) electrons.